The third-order valence-electron chi connectivity index (χ3n) is 3.29. The molecule has 0 atom stereocenters. The summed E-state index contributed by atoms with van der Waals surface area (Å²) in [5.41, 5.74) is 1.07. The number of hydrogen-bond acceptors (Lipinski definition) is 1. The van der Waals surface area contributed by atoms with Crippen LogP contribution in [0.2, 0.25) is 10.0 Å². The molecule has 0 aliphatic rings. The molecule has 0 spiro atoms. The van der Waals surface area contributed by atoms with Gasteiger partial charge in [0.25, 0.3) is 5.91 Å². The molecule has 3 aromatic rings. The summed E-state index contributed by atoms with van der Waals surface area (Å²) in [4.78, 5) is 12.6. The molecule has 3 rings (SSSR count). The minimum Gasteiger partial charge on any atom is -0.321 e. The van der Waals surface area contributed by atoms with E-state index in [-0.39, 0.29) is 5.91 Å². The maximum Gasteiger partial charge on any atom is 0.256 e. The summed E-state index contributed by atoms with van der Waals surface area (Å²) in [6.45, 7) is 0. The van der Waals surface area contributed by atoms with Gasteiger partial charge in [-0.15, -0.1) is 0 Å². The van der Waals surface area contributed by atoms with E-state index in [9.17, 15) is 4.79 Å². The normalized spacial score (nSPS) is 10.7. The third-order valence-corrected chi connectivity index (χ3v) is 4.55. The van der Waals surface area contributed by atoms with Gasteiger partial charge in [-0.1, -0.05) is 63.4 Å². The summed E-state index contributed by atoms with van der Waals surface area (Å²) < 4.78 is 0.945. The van der Waals surface area contributed by atoms with Crippen LogP contribution in [0.25, 0.3) is 10.8 Å². The quantitative estimate of drug-likeness (QED) is 0.553. The molecule has 0 fully saturated rings. The van der Waals surface area contributed by atoms with Crippen molar-refractivity contribution in [2.24, 2.45) is 0 Å². The lowest BCUT2D eigenvalue weighted by Crippen LogP contribution is -2.12. The number of benzene rings is 3. The van der Waals surface area contributed by atoms with Crippen LogP contribution in [0.15, 0.2) is 59.1 Å². The van der Waals surface area contributed by atoms with Crippen LogP contribution in [0, 0.1) is 0 Å². The van der Waals surface area contributed by atoms with Crippen molar-refractivity contribution in [3.63, 3.8) is 0 Å². The number of rotatable bonds is 2. The van der Waals surface area contributed by atoms with Gasteiger partial charge in [-0.2, -0.15) is 0 Å². The molecule has 1 amide bonds. The molecule has 0 aromatic heterocycles. The number of hydrogen-bond donors (Lipinski definition) is 1. The Hall–Kier alpha value is -1.55. The molecule has 2 nitrogen and oxygen atoms in total. The molecule has 0 saturated carbocycles. The Morgan fingerprint density at radius 3 is 2.50 bits per heavy atom. The number of halogens is 3. The number of carbonyl (C=O) groups is 1. The number of anilines is 1. The minimum atomic E-state index is -0.229. The van der Waals surface area contributed by atoms with Crippen LogP contribution in [-0.4, -0.2) is 5.91 Å². The molecule has 110 valence electrons. The van der Waals surface area contributed by atoms with Crippen molar-refractivity contribution in [3.05, 3.63) is 74.7 Å². The third kappa shape index (κ3) is 2.98. The SMILES string of the molecule is O=C(Nc1cc(Cl)ccc1Cl)c1cccc2c(Br)cccc12. The van der Waals surface area contributed by atoms with E-state index >= 15 is 0 Å². The highest BCUT2D eigenvalue weighted by molar-refractivity contribution is 9.10. The van der Waals surface area contributed by atoms with Gasteiger partial charge in [0.2, 0.25) is 0 Å². The van der Waals surface area contributed by atoms with E-state index in [1.54, 1.807) is 24.3 Å². The number of nitrogens with one attached hydrogen (secondary N) is 1. The lowest BCUT2D eigenvalue weighted by molar-refractivity contribution is 0.102. The molecule has 0 bridgehead atoms. The molecule has 0 heterocycles. The average Bonchev–Trinajstić information content (AvgIpc) is 2.51. The summed E-state index contributed by atoms with van der Waals surface area (Å²) in [5.74, 6) is -0.229. The maximum absolute atomic E-state index is 12.6. The summed E-state index contributed by atoms with van der Waals surface area (Å²) in [6, 6.07) is 16.3. The van der Waals surface area contributed by atoms with Gasteiger partial charge in [0.05, 0.1) is 10.7 Å². The largest absolute Gasteiger partial charge is 0.321 e. The second kappa shape index (κ2) is 6.29. The van der Waals surface area contributed by atoms with Gasteiger partial charge in [-0.05, 0) is 41.1 Å². The van der Waals surface area contributed by atoms with E-state index in [2.05, 4.69) is 21.2 Å². The number of amides is 1. The molecule has 0 radical (unpaired) electrons. The summed E-state index contributed by atoms with van der Waals surface area (Å²) in [7, 11) is 0. The van der Waals surface area contributed by atoms with E-state index in [1.165, 1.54) is 0 Å². The molecule has 1 N–H and O–H groups in total. The van der Waals surface area contributed by atoms with Crippen LogP contribution in [0.5, 0.6) is 0 Å². The smallest absolute Gasteiger partial charge is 0.256 e. The molecule has 3 aromatic carbocycles. The van der Waals surface area contributed by atoms with Crippen molar-refractivity contribution >= 4 is 61.5 Å². The van der Waals surface area contributed by atoms with Gasteiger partial charge in [0.1, 0.15) is 0 Å². The van der Waals surface area contributed by atoms with Crippen molar-refractivity contribution in [1.82, 2.24) is 0 Å². The van der Waals surface area contributed by atoms with E-state index in [0.717, 1.165) is 15.2 Å². The van der Waals surface area contributed by atoms with E-state index < -0.39 is 0 Å². The van der Waals surface area contributed by atoms with Gasteiger partial charge >= 0.3 is 0 Å². The minimum absolute atomic E-state index is 0.229. The van der Waals surface area contributed by atoms with E-state index in [4.69, 9.17) is 23.2 Å². The summed E-state index contributed by atoms with van der Waals surface area (Å²) >= 11 is 15.5. The van der Waals surface area contributed by atoms with Crippen molar-refractivity contribution in [2.75, 3.05) is 5.32 Å². The first kappa shape index (κ1) is 15.3. The Labute approximate surface area is 146 Å². The van der Waals surface area contributed by atoms with Gasteiger partial charge in [-0.25, -0.2) is 0 Å². The van der Waals surface area contributed by atoms with Crippen molar-refractivity contribution < 1.29 is 4.79 Å². The second-order valence-corrected chi connectivity index (χ2v) is 6.42. The fraction of sp³-hybridized carbons (Fsp3) is 0. The zero-order valence-electron chi connectivity index (χ0n) is 11.2. The second-order valence-electron chi connectivity index (χ2n) is 4.72. The molecule has 0 saturated heterocycles. The molecule has 0 aliphatic carbocycles. The van der Waals surface area contributed by atoms with Crippen LogP contribution >= 0.6 is 39.1 Å². The van der Waals surface area contributed by atoms with Crippen molar-refractivity contribution in [3.8, 4) is 0 Å². The topological polar surface area (TPSA) is 29.1 Å². The van der Waals surface area contributed by atoms with E-state index in [0.29, 0.717) is 21.3 Å². The number of carbonyl (C=O) groups excluding carboxylic acids is 1. The van der Waals surface area contributed by atoms with Crippen molar-refractivity contribution in [2.45, 2.75) is 0 Å². The first-order chi connectivity index (χ1) is 10.6. The molecule has 5 heteroatoms. The standard InChI is InChI=1S/C17H10BrCl2NO/c18-14-6-2-3-11-12(14)4-1-5-13(11)17(22)21-16-9-10(19)7-8-15(16)20/h1-9H,(H,21,22). The lowest BCUT2D eigenvalue weighted by Gasteiger charge is -2.10. The number of fused-ring (bicyclic) bond motifs is 1. The van der Waals surface area contributed by atoms with Gasteiger partial charge in [0, 0.05) is 15.1 Å². The molecule has 22 heavy (non-hydrogen) atoms. The molecule has 0 unspecified atom stereocenters. The Kier molecular flexibility index (Phi) is 4.39. The lowest BCUT2D eigenvalue weighted by atomic mass is 10.0. The summed E-state index contributed by atoms with van der Waals surface area (Å²) in [5, 5.41) is 5.61. The zero-order chi connectivity index (χ0) is 15.7. The van der Waals surface area contributed by atoms with Gasteiger partial charge in [0.15, 0.2) is 0 Å². The molecular formula is C17H10BrCl2NO. The van der Waals surface area contributed by atoms with Gasteiger partial charge < -0.3 is 5.32 Å². The average molecular weight is 395 g/mol. The van der Waals surface area contributed by atoms with Gasteiger partial charge in [-0.3, -0.25) is 4.79 Å². The predicted octanol–water partition coefficient (Wildman–Crippen LogP) is 6.16. The van der Waals surface area contributed by atoms with Crippen LogP contribution < -0.4 is 5.32 Å². The molecular weight excluding hydrogens is 385 g/mol. The highest BCUT2D eigenvalue weighted by Gasteiger charge is 2.13. The first-order valence-corrected chi connectivity index (χ1v) is 8.05. The fourth-order valence-electron chi connectivity index (χ4n) is 2.25. The zero-order valence-corrected chi connectivity index (χ0v) is 14.3. The van der Waals surface area contributed by atoms with Crippen LogP contribution in [-0.2, 0) is 0 Å². The monoisotopic (exact) mass is 393 g/mol. The maximum atomic E-state index is 12.6. The Balaban J connectivity index is 2.03. The first-order valence-electron chi connectivity index (χ1n) is 6.50. The fourth-order valence-corrected chi connectivity index (χ4v) is 3.09. The Bertz CT molecular complexity index is 880. The highest BCUT2D eigenvalue weighted by Crippen LogP contribution is 2.29. The van der Waals surface area contributed by atoms with Crippen LogP contribution in [0.1, 0.15) is 10.4 Å². The van der Waals surface area contributed by atoms with Crippen LogP contribution in [0.3, 0.4) is 0 Å². The Morgan fingerprint density at radius 1 is 0.955 bits per heavy atom. The highest BCUT2D eigenvalue weighted by atomic mass is 79.9. The Morgan fingerprint density at radius 2 is 1.68 bits per heavy atom. The van der Waals surface area contributed by atoms with Crippen LogP contribution in [0.4, 0.5) is 5.69 Å². The van der Waals surface area contributed by atoms with Crippen molar-refractivity contribution in [1.29, 1.82) is 0 Å². The van der Waals surface area contributed by atoms with E-state index in [1.807, 2.05) is 30.3 Å². The molecule has 0 aliphatic heterocycles. The summed E-state index contributed by atoms with van der Waals surface area (Å²) in [6.07, 6.45) is 0. The predicted molar refractivity (Wildman–Crippen MR) is 96.1 cm³/mol.